The maximum absolute atomic E-state index is 6.28. The van der Waals surface area contributed by atoms with E-state index in [9.17, 15) is 0 Å². The van der Waals surface area contributed by atoms with Crippen LogP contribution in [0.15, 0.2) is 18.2 Å². The summed E-state index contributed by atoms with van der Waals surface area (Å²) in [7, 11) is 0. The molecule has 1 aliphatic rings. The second-order valence-electron chi connectivity index (χ2n) is 4.39. The fraction of sp³-hybridized carbons (Fsp3) is 0.417. The van der Waals surface area contributed by atoms with Gasteiger partial charge in [0.05, 0.1) is 10.5 Å². The number of fused-ring (bicyclic) bond motifs is 1. The van der Waals surface area contributed by atoms with E-state index in [2.05, 4.69) is 14.7 Å². The molecule has 0 bridgehead atoms. The van der Waals surface area contributed by atoms with Crippen molar-refractivity contribution >= 4 is 34.9 Å². The van der Waals surface area contributed by atoms with Crippen LogP contribution in [0.5, 0.6) is 0 Å². The molecule has 0 aliphatic carbocycles. The average molecular weight is 268 g/mol. The van der Waals surface area contributed by atoms with E-state index in [1.165, 1.54) is 19.3 Å². The maximum atomic E-state index is 6.28. The Balaban J connectivity index is 2.20. The SMILES string of the molecule is S=c1[nH]c2cccc(Cl)c2n1N1CCCCC1. The van der Waals surface area contributed by atoms with Crippen LogP contribution >= 0.6 is 23.8 Å². The maximum Gasteiger partial charge on any atom is 0.197 e. The second kappa shape index (κ2) is 4.35. The molecule has 1 aliphatic heterocycles. The Morgan fingerprint density at radius 2 is 1.94 bits per heavy atom. The quantitative estimate of drug-likeness (QED) is 0.800. The number of imidazole rings is 1. The van der Waals surface area contributed by atoms with Crippen molar-refractivity contribution in [3.63, 3.8) is 0 Å². The Morgan fingerprint density at radius 1 is 1.18 bits per heavy atom. The van der Waals surface area contributed by atoms with Crippen molar-refractivity contribution in [1.82, 2.24) is 9.66 Å². The van der Waals surface area contributed by atoms with Gasteiger partial charge in [-0.25, -0.2) is 4.68 Å². The molecular formula is C12H14ClN3S. The highest BCUT2D eigenvalue weighted by atomic mass is 35.5. The molecule has 1 fully saturated rings. The number of H-pyrrole nitrogens is 1. The largest absolute Gasteiger partial charge is 0.329 e. The molecule has 3 rings (SSSR count). The highest BCUT2D eigenvalue weighted by molar-refractivity contribution is 7.71. The predicted molar refractivity (Wildman–Crippen MR) is 73.9 cm³/mol. The second-order valence-corrected chi connectivity index (χ2v) is 5.19. The molecular weight excluding hydrogens is 254 g/mol. The van der Waals surface area contributed by atoms with Gasteiger partial charge in [0.2, 0.25) is 0 Å². The zero-order valence-corrected chi connectivity index (χ0v) is 11.0. The lowest BCUT2D eigenvalue weighted by molar-refractivity contribution is 0.483. The summed E-state index contributed by atoms with van der Waals surface area (Å²) in [6, 6.07) is 5.86. The number of piperidine rings is 1. The molecule has 2 heterocycles. The summed E-state index contributed by atoms with van der Waals surface area (Å²) in [5.74, 6) is 0. The van der Waals surface area contributed by atoms with Crippen LogP contribution in [0.3, 0.4) is 0 Å². The molecule has 1 saturated heterocycles. The minimum absolute atomic E-state index is 0.731. The molecule has 0 amide bonds. The minimum Gasteiger partial charge on any atom is -0.329 e. The van der Waals surface area contributed by atoms with Crippen LogP contribution in [-0.4, -0.2) is 22.7 Å². The summed E-state index contributed by atoms with van der Waals surface area (Å²) in [5.41, 5.74) is 2.01. The number of nitrogens with one attached hydrogen (secondary N) is 1. The fourth-order valence-corrected chi connectivity index (χ4v) is 3.02. The smallest absolute Gasteiger partial charge is 0.197 e. The number of para-hydroxylation sites is 1. The molecule has 1 aromatic carbocycles. The van der Waals surface area contributed by atoms with Crippen LogP contribution in [0.4, 0.5) is 0 Å². The van der Waals surface area contributed by atoms with Gasteiger partial charge in [-0.2, -0.15) is 0 Å². The zero-order valence-electron chi connectivity index (χ0n) is 9.45. The highest BCUT2D eigenvalue weighted by Crippen LogP contribution is 2.24. The summed E-state index contributed by atoms with van der Waals surface area (Å²) < 4.78 is 2.79. The number of hydrogen-bond donors (Lipinski definition) is 1. The molecule has 0 unspecified atom stereocenters. The van der Waals surface area contributed by atoms with Gasteiger partial charge in [0, 0.05) is 13.1 Å². The van der Waals surface area contributed by atoms with E-state index in [0.29, 0.717) is 0 Å². The molecule has 0 spiro atoms. The normalized spacial score (nSPS) is 16.6. The van der Waals surface area contributed by atoms with Gasteiger partial charge in [-0.15, -0.1) is 0 Å². The van der Waals surface area contributed by atoms with E-state index in [4.69, 9.17) is 23.8 Å². The minimum atomic E-state index is 0.731. The Labute approximate surface area is 110 Å². The average Bonchev–Trinajstić information content (AvgIpc) is 2.68. The van der Waals surface area contributed by atoms with Crippen LogP contribution in [-0.2, 0) is 0 Å². The summed E-state index contributed by atoms with van der Waals surface area (Å²) in [4.78, 5) is 3.22. The molecule has 0 atom stereocenters. The van der Waals surface area contributed by atoms with Crippen LogP contribution in [0.25, 0.3) is 11.0 Å². The summed E-state index contributed by atoms with van der Waals surface area (Å²) >= 11 is 11.7. The standard InChI is InChI=1S/C12H14ClN3S/c13-9-5-4-6-10-11(9)16(12(17)14-10)15-7-2-1-3-8-15/h4-6H,1-3,7-8H2,(H,14,17). The highest BCUT2D eigenvalue weighted by Gasteiger charge is 2.16. The number of aromatic amines is 1. The van der Waals surface area contributed by atoms with Crippen LogP contribution in [0.2, 0.25) is 5.02 Å². The van der Waals surface area contributed by atoms with Crippen molar-refractivity contribution in [1.29, 1.82) is 0 Å². The third-order valence-electron chi connectivity index (χ3n) is 3.25. The van der Waals surface area contributed by atoms with E-state index < -0.39 is 0 Å². The van der Waals surface area contributed by atoms with Gasteiger partial charge in [0.1, 0.15) is 5.52 Å². The number of nitrogens with zero attached hydrogens (tertiary/aromatic N) is 2. The van der Waals surface area contributed by atoms with Crippen LogP contribution in [0.1, 0.15) is 19.3 Å². The first-order valence-corrected chi connectivity index (χ1v) is 6.70. The van der Waals surface area contributed by atoms with Gasteiger partial charge in [0.15, 0.2) is 4.77 Å². The van der Waals surface area contributed by atoms with Gasteiger partial charge >= 0.3 is 0 Å². The molecule has 1 N–H and O–H groups in total. The molecule has 17 heavy (non-hydrogen) atoms. The predicted octanol–water partition coefficient (Wildman–Crippen LogP) is 3.47. The van der Waals surface area contributed by atoms with Crippen LogP contribution in [0, 0.1) is 4.77 Å². The molecule has 5 heteroatoms. The zero-order chi connectivity index (χ0) is 11.8. The summed E-state index contributed by atoms with van der Waals surface area (Å²) in [6.45, 7) is 2.10. The molecule has 0 saturated carbocycles. The Morgan fingerprint density at radius 3 is 2.71 bits per heavy atom. The first-order chi connectivity index (χ1) is 8.27. The third kappa shape index (κ3) is 1.85. The lowest BCUT2D eigenvalue weighted by atomic mass is 10.2. The van der Waals surface area contributed by atoms with Gasteiger partial charge in [-0.1, -0.05) is 17.7 Å². The molecule has 90 valence electrons. The van der Waals surface area contributed by atoms with Gasteiger partial charge in [-0.3, -0.25) is 0 Å². The molecule has 3 nitrogen and oxygen atoms in total. The van der Waals surface area contributed by atoms with Gasteiger partial charge in [-0.05, 0) is 43.6 Å². The van der Waals surface area contributed by atoms with E-state index in [-0.39, 0.29) is 0 Å². The first kappa shape index (κ1) is 11.1. The number of rotatable bonds is 1. The fourth-order valence-electron chi connectivity index (χ4n) is 2.45. The number of aromatic nitrogens is 2. The number of hydrogen-bond acceptors (Lipinski definition) is 2. The van der Waals surface area contributed by atoms with Crippen molar-refractivity contribution in [2.24, 2.45) is 0 Å². The van der Waals surface area contributed by atoms with Crippen molar-refractivity contribution < 1.29 is 0 Å². The van der Waals surface area contributed by atoms with E-state index in [1.54, 1.807) is 0 Å². The Bertz CT molecular complexity index is 595. The third-order valence-corrected chi connectivity index (χ3v) is 3.83. The Hall–Kier alpha value is -1.00. The van der Waals surface area contributed by atoms with E-state index in [0.717, 1.165) is 33.9 Å². The monoisotopic (exact) mass is 267 g/mol. The molecule has 1 aromatic heterocycles. The van der Waals surface area contributed by atoms with Crippen molar-refractivity contribution in [3.05, 3.63) is 28.0 Å². The first-order valence-electron chi connectivity index (χ1n) is 5.92. The van der Waals surface area contributed by atoms with E-state index >= 15 is 0 Å². The summed E-state index contributed by atoms with van der Waals surface area (Å²) in [5, 5.41) is 3.04. The van der Waals surface area contributed by atoms with Crippen molar-refractivity contribution in [2.45, 2.75) is 19.3 Å². The summed E-state index contributed by atoms with van der Waals surface area (Å²) in [6.07, 6.45) is 3.75. The lowest BCUT2D eigenvalue weighted by Gasteiger charge is -2.30. The topological polar surface area (TPSA) is 24.0 Å². The number of benzene rings is 1. The van der Waals surface area contributed by atoms with Gasteiger partial charge < -0.3 is 9.99 Å². The number of halogens is 1. The molecule has 2 aromatic rings. The van der Waals surface area contributed by atoms with E-state index in [1.807, 2.05) is 18.2 Å². The van der Waals surface area contributed by atoms with Gasteiger partial charge in [0.25, 0.3) is 0 Å². The van der Waals surface area contributed by atoms with Crippen LogP contribution < -0.4 is 5.01 Å². The molecule has 0 radical (unpaired) electrons. The Kier molecular flexibility index (Phi) is 2.84. The van der Waals surface area contributed by atoms with Crippen molar-refractivity contribution in [3.8, 4) is 0 Å². The van der Waals surface area contributed by atoms with Crippen molar-refractivity contribution in [2.75, 3.05) is 18.1 Å². The lowest BCUT2D eigenvalue weighted by Crippen LogP contribution is -2.39.